The van der Waals surface area contributed by atoms with Crippen LogP contribution in [0.25, 0.3) is 17.2 Å². The molecule has 0 radical (unpaired) electrons. The molecule has 25 heavy (non-hydrogen) atoms. The summed E-state index contributed by atoms with van der Waals surface area (Å²) in [7, 11) is 0. The maximum atomic E-state index is 12.3. The number of nitrogens with zero attached hydrogens (tertiary/aromatic N) is 6. The Morgan fingerprint density at radius 2 is 2.00 bits per heavy atom. The molecule has 0 atom stereocenters. The maximum absolute atomic E-state index is 12.3. The van der Waals surface area contributed by atoms with Gasteiger partial charge in [-0.15, -0.1) is 10.2 Å². The van der Waals surface area contributed by atoms with Gasteiger partial charge >= 0.3 is 0 Å². The number of imidazole rings is 1. The van der Waals surface area contributed by atoms with E-state index in [-0.39, 0.29) is 5.91 Å². The molecule has 9 heteroatoms. The lowest BCUT2D eigenvalue weighted by atomic mass is 10.1. The fourth-order valence-corrected chi connectivity index (χ4v) is 2.27. The summed E-state index contributed by atoms with van der Waals surface area (Å²) in [6, 6.07) is 10.5. The van der Waals surface area contributed by atoms with Crippen molar-refractivity contribution < 1.29 is 4.79 Å². The van der Waals surface area contributed by atoms with E-state index in [1.54, 1.807) is 65.9 Å². The van der Waals surface area contributed by atoms with Crippen molar-refractivity contribution in [3.05, 3.63) is 66.9 Å². The smallest absolute Gasteiger partial charge is 0.255 e. The number of aromatic amines is 1. The highest BCUT2D eigenvalue weighted by atomic mass is 16.1. The predicted octanol–water partition coefficient (Wildman–Crippen LogP) is 1.70. The predicted molar refractivity (Wildman–Crippen MR) is 88.9 cm³/mol. The van der Waals surface area contributed by atoms with Gasteiger partial charge in [-0.05, 0) is 29.5 Å². The van der Waals surface area contributed by atoms with Gasteiger partial charge in [-0.2, -0.15) is 5.21 Å². The molecule has 1 aromatic carbocycles. The Labute approximate surface area is 141 Å². The van der Waals surface area contributed by atoms with E-state index in [1.165, 1.54) is 0 Å². The van der Waals surface area contributed by atoms with E-state index in [0.29, 0.717) is 17.1 Å². The summed E-state index contributed by atoms with van der Waals surface area (Å²) in [5, 5.41) is 16.5. The number of carbonyl (C=O) groups excluding carboxylic acids is 1. The summed E-state index contributed by atoms with van der Waals surface area (Å²) in [5.41, 5.74) is 1.90. The van der Waals surface area contributed by atoms with Crippen LogP contribution in [-0.4, -0.2) is 41.1 Å². The van der Waals surface area contributed by atoms with Gasteiger partial charge in [0.05, 0.1) is 11.9 Å². The lowest BCUT2D eigenvalue weighted by molar-refractivity contribution is 0.102. The van der Waals surface area contributed by atoms with Crippen LogP contribution in [0.2, 0.25) is 0 Å². The van der Waals surface area contributed by atoms with Gasteiger partial charge in [0, 0.05) is 23.5 Å². The van der Waals surface area contributed by atoms with Crippen molar-refractivity contribution in [1.82, 2.24) is 35.2 Å². The SMILES string of the molecule is O=C(Nc1ccc(-n2ccnc2)nc1)c1ccc(-c2nn[nH]n2)cc1. The molecule has 122 valence electrons. The van der Waals surface area contributed by atoms with Crippen molar-refractivity contribution in [3.63, 3.8) is 0 Å². The molecule has 2 N–H and O–H groups in total. The van der Waals surface area contributed by atoms with Crippen LogP contribution < -0.4 is 5.32 Å². The Morgan fingerprint density at radius 3 is 2.64 bits per heavy atom. The van der Waals surface area contributed by atoms with Gasteiger partial charge in [-0.1, -0.05) is 12.1 Å². The normalized spacial score (nSPS) is 10.6. The van der Waals surface area contributed by atoms with Gasteiger partial charge in [0.1, 0.15) is 12.1 Å². The minimum absolute atomic E-state index is 0.225. The summed E-state index contributed by atoms with van der Waals surface area (Å²) in [4.78, 5) is 20.6. The summed E-state index contributed by atoms with van der Waals surface area (Å²) in [6.45, 7) is 0. The number of nitrogens with one attached hydrogen (secondary N) is 2. The first-order chi connectivity index (χ1) is 12.3. The van der Waals surface area contributed by atoms with Crippen molar-refractivity contribution in [3.8, 4) is 17.2 Å². The zero-order chi connectivity index (χ0) is 17.1. The fraction of sp³-hybridized carbons (Fsp3) is 0. The number of tetrazole rings is 1. The van der Waals surface area contributed by atoms with Crippen LogP contribution in [0.1, 0.15) is 10.4 Å². The van der Waals surface area contributed by atoms with E-state index in [0.717, 1.165) is 11.4 Å². The monoisotopic (exact) mass is 332 g/mol. The minimum Gasteiger partial charge on any atom is -0.321 e. The number of hydrogen-bond donors (Lipinski definition) is 2. The van der Waals surface area contributed by atoms with Crippen LogP contribution in [0.15, 0.2) is 61.3 Å². The summed E-state index contributed by atoms with van der Waals surface area (Å²) in [6.07, 6.45) is 6.73. The van der Waals surface area contributed by atoms with Gasteiger partial charge in [0.25, 0.3) is 5.91 Å². The van der Waals surface area contributed by atoms with Gasteiger partial charge in [0.15, 0.2) is 0 Å². The fourth-order valence-electron chi connectivity index (χ4n) is 2.27. The Morgan fingerprint density at radius 1 is 1.12 bits per heavy atom. The Hall–Kier alpha value is -3.88. The number of pyridine rings is 1. The molecule has 0 bridgehead atoms. The zero-order valence-electron chi connectivity index (χ0n) is 12.9. The number of amides is 1. The van der Waals surface area contributed by atoms with E-state index in [1.807, 2.05) is 0 Å². The molecule has 0 fully saturated rings. The standard InChI is InChI=1S/C16H12N8O/c25-16(12-3-1-11(2-4-12)15-20-22-23-21-15)19-13-5-6-14(18-9-13)24-8-7-17-10-24/h1-10H,(H,19,25)(H,20,21,22,23). The summed E-state index contributed by atoms with van der Waals surface area (Å²) >= 11 is 0. The van der Waals surface area contributed by atoms with Gasteiger partial charge in [-0.3, -0.25) is 9.36 Å². The summed E-state index contributed by atoms with van der Waals surface area (Å²) < 4.78 is 1.78. The van der Waals surface area contributed by atoms with Crippen LogP contribution in [0, 0.1) is 0 Å². The number of rotatable bonds is 4. The first kappa shape index (κ1) is 14.7. The first-order valence-corrected chi connectivity index (χ1v) is 7.39. The number of anilines is 1. The molecule has 4 rings (SSSR count). The molecule has 9 nitrogen and oxygen atoms in total. The third-order valence-electron chi connectivity index (χ3n) is 3.53. The Bertz CT molecular complexity index is 960. The maximum Gasteiger partial charge on any atom is 0.255 e. The second-order valence-electron chi connectivity index (χ2n) is 5.14. The molecule has 3 aromatic heterocycles. The second kappa shape index (κ2) is 6.32. The molecule has 0 aliphatic heterocycles. The third kappa shape index (κ3) is 3.11. The van der Waals surface area contributed by atoms with Crippen LogP contribution >= 0.6 is 0 Å². The number of carbonyl (C=O) groups is 1. The van der Waals surface area contributed by atoms with Crippen molar-refractivity contribution >= 4 is 11.6 Å². The highest BCUT2D eigenvalue weighted by molar-refractivity contribution is 6.04. The van der Waals surface area contributed by atoms with Crippen LogP contribution in [-0.2, 0) is 0 Å². The average molecular weight is 332 g/mol. The van der Waals surface area contributed by atoms with Gasteiger partial charge in [-0.25, -0.2) is 9.97 Å². The molecule has 0 unspecified atom stereocenters. The van der Waals surface area contributed by atoms with Crippen molar-refractivity contribution in [2.24, 2.45) is 0 Å². The van der Waals surface area contributed by atoms with E-state index < -0.39 is 0 Å². The number of benzene rings is 1. The number of hydrogen-bond acceptors (Lipinski definition) is 6. The molecule has 4 aromatic rings. The molecule has 0 saturated carbocycles. The lowest BCUT2D eigenvalue weighted by Gasteiger charge is -2.07. The molecular formula is C16H12N8O. The largest absolute Gasteiger partial charge is 0.321 e. The third-order valence-corrected chi connectivity index (χ3v) is 3.53. The first-order valence-electron chi connectivity index (χ1n) is 7.39. The molecule has 0 saturated heterocycles. The average Bonchev–Trinajstić information content (AvgIpc) is 3.36. The second-order valence-corrected chi connectivity index (χ2v) is 5.14. The van der Waals surface area contributed by atoms with Crippen LogP contribution in [0.4, 0.5) is 5.69 Å². The van der Waals surface area contributed by atoms with E-state index in [2.05, 4.69) is 35.9 Å². The molecule has 0 aliphatic rings. The topological polar surface area (TPSA) is 114 Å². The van der Waals surface area contributed by atoms with E-state index in [4.69, 9.17) is 0 Å². The molecule has 0 spiro atoms. The van der Waals surface area contributed by atoms with Crippen LogP contribution in [0.3, 0.4) is 0 Å². The number of H-pyrrole nitrogens is 1. The highest BCUT2D eigenvalue weighted by Crippen LogP contribution is 2.15. The quantitative estimate of drug-likeness (QED) is 0.588. The van der Waals surface area contributed by atoms with Crippen molar-refractivity contribution in [2.75, 3.05) is 5.32 Å². The van der Waals surface area contributed by atoms with E-state index >= 15 is 0 Å². The zero-order valence-corrected chi connectivity index (χ0v) is 12.9. The molecule has 3 heterocycles. The van der Waals surface area contributed by atoms with Gasteiger partial charge < -0.3 is 5.32 Å². The van der Waals surface area contributed by atoms with Crippen molar-refractivity contribution in [2.45, 2.75) is 0 Å². The van der Waals surface area contributed by atoms with Gasteiger partial charge in [0.2, 0.25) is 5.82 Å². The molecule has 0 aliphatic carbocycles. The minimum atomic E-state index is -0.225. The van der Waals surface area contributed by atoms with E-state index in [9.17, 15) is 4.79 Å². The highest BCUT2D eigenvalue weighted by Gasteiger charge is 2.08. The summed E-state index contributed by atoms with van der Waals surface area (Å²) in [5.74, 6) is 0.975. The van der Waals surface area contributed by atoms with Crippen LogP contribution in [0.5, 0.6) is 0 Å². The Kier molecular flexibility index (Phi) is 3.71. The molecule has 1 amide bonds. The lowest BCUT2D eigenvalue weighted by Crippen LogP contribution is -2.12. The van der Waals surface area contributed by atoms with Crippen molar-refractivity contribution in [1.29, 1.82) is 0 Å². The Balaban J connectivity index is 1.46. The number of aromatic nitrogens is 7. The molecular weight excluding hydrogens is 320 g/mol.